The van der Waals surface area contributed by atoms with Crippen molar-refractivity contribution in [1.82, 2.24) is 9.88 Å². The zero-order valence-corrected chi connectivity index (χ0v) is 15.5. The Morgan fingerprint density at radius 2 is 1.58 bits per heavy atom. The van der Waals surface area contributed by atoms with Crippen LogP contribution in [-0.2, 0) is 0 Å². The summed E-state index contributed by atoms with van der Waals surface area (Å²) in [5.74, 6) is 0. The Morgan fingerprint density at radius 3 is 2.35 bits per heavy atom. The molecule has 2 aromatic carbocycles. The third-order valence-electron chi connectivity index (χ3n) is 5.23. The first-order valence-electron chi connectivity index (χ1n) is 9.27. The molecular formula is C23H25N3. The van der Waals surface area contributed by atoms with Crippen LogP contribution in [0.4, 0.5) is 5.69 Å². The summed E-state index contributed by atoms with van der Waals surface area (Å²) in [5.41, 5.74) is 7.29. The minimum atomic E-state index is 1.04. The lowest BCUT2D eigenvalue weighted by Gasteiger charge is -2.34. The zero-order chi connectivity index (χ0) is 17.9. The molecule has 4 rings (SSSR count). The average Bonchev–Trinajstić information content (AvgIpc) is 2.70. The Labute approximate surface area is 155 Å². The van der Waals surface area contributed by atoms with E-state index in [4.69, 9.17) is 0 Å². The SMILES string of the molecule is Cc1ccc(-c2cc(N3CCN(C)CC3)ccn2)cc1-c1ccccc1. The van der Waals surface area contributed by atoms with E-state index in [-0.39, 0.29) is 0 Å². The number of hydrogen-bond acceptors (Lipinski definition) is 3. The van der Waals surface area contributed by atoms with Gasteiger partial charge in [-0.25, -0.2) is 0 Å². The Bertz CT molecular complexity index is 881. The van der Waals surface area contributed by atoms with E-state index in [0.717, 1.165) is 31.9 Å². The molecule has 0 bridgehead atoms. The highest BCUT2D eigenvalue weighted by Gasteiger charge is 2.15. The highest BCUT2D eigenvalue weighted by Crippen LogP contribution is 2.30. The van der Waals surface area contributed by atoms with Gasteiger partial charge in [0, 0.05) is 43.6 Å². The molecule has 0 spiro atoms. The molecule has 26 heavy (non-hydrogen) atoms. The van der Waals surface area contributed by atoms with Crippen LogP contribution in [0.2, 0.25) is 0 Å². The first kappa shape index (κ1) is 16.8. The van der Waals surface area contributed by atoms with Crippen LogP contribution in [0.5, 0.6) is 0 Å². The third-order valence-corrected chi connectivity index (χ3v) is 5.23. The Hall–Kier alpha value is -2.65. The van der Waals surface area contributed by atoms with Gasteiger partial charge in [-0.2, -0.15) is 0 Å². The summed E-state index contributed by atoms with van der Waals surface area (Å²) in [5, 5.41) is 0. The molecule has 3 heteroatoms. The van der Waals surface area contributed by atoms with Gasteiger partial charge in [0.25, 0.3) is 0 Å². The fourth-order valence-electron chi connectivity index (χ4n) is 3.55. The molecule has 0 atom stereocenters. The van der Waals surface area contributed by atoms with Crippen LogP contribution in [0.15, 0.2) is 66.9 Å². The molecule has 3 nitrogen and oxygen atoms in total. The zero-order valence-electron chi connectivity index (χ0n) is 15.5. The van der Waals surface area contributed by atoms with E-state index in [0.29, 0.717) is 0 Å². The second-order valence-corrected chi connectivity index (χ2v) is 7.09. The molecule has 132 valence electrons. The number of anilines is 1. The van der Waals surface area contributed by atoms with Crippen LogP contribution in [0, 0.1) is 6.92 Å². The van der Waals surface area contributed by atoms with Crippen molar-refractivity contribution in [3.63, 3.8) is 0 Å². The standard InChI is InChI=1S/C23H25N3/c1-18-8-9-20(16-22(18)19-6-4-3-5-7-19)23-17-21(10-11-24-23)26-14-12-25(2)13-15-26/h3-11,16-17H,12-15H2,1-2H3. The van der Waals surface area contributed by atoms with Gasteiger partial charge in [0.2, 0.25) is 0 Å². The molecule has 1 fully saturated rings. The maximum atomic E-state index is 4.65. The number of aryl methyl sites for hydroxylation is 1. The summed E-state index contributed by atoms with van der Waals surface area (Å²) >= 11 is 0. The van der Waals surface area contributed by atoms with Gasteiger partial charge in [-0.3, -0.25) is 4.98 Å². The highest BCUT2D eigenvalue weighted by atomic mass is 15.2. The van der Waals surface area contributed by atoms with Crippen LogP contribution < -0.4 is 4.90 Å². The minimum absolute atomic E-state index is 1.04. The van der Waals surface area contributed by atoms with E-state index in [2.05, 4.69) is 89.4 Å². The number of pyridine rings is 1. The van der Waals surface area contributed by atoms with Crippen molar-refractivity contribution in [2.75, 3.05) is 38.1 Å². The van der Waals surface area contributed by atoms with Crippen molar-refractivity contribution >= 4 is 5.69 Å². The predicted molar refractivity (Wildman–Crippen MR) is 110 cm³/mol. The number of nitrogens with zero attached hydrogens (tertiary/aromatic N) is 3. The Morgan fingerprint density at radius 1 is 0.808 bits per heavy atom. The number of piperazine rings is 1. The molecular weight excluding hydrogens is 318 g/mol. The number of benzene rings is 2. The lowest BCUT2D eigenvalue weighted by atomic mass is 9.97. The largest absolute Gasteiger partial charge is 0.369 e. The molecule has 0 amide bonds. The number of likely N-dealkylation sites (N-methyl/N-ethyl adjacent to an activating group) is 1. The molecule has 0 unspecified atom stereocenters. The van der Waals surface area contributed by atoms with Crippen LogP contribution in [0.25, 0.3) is 22.4 Å². The molecule has 0 saturated carbocycles. The van der Waals surface area contributed by atoms with Gasteiger partial charge >= 0.3 is 0 Å². The molecule has 0 N–H and O–H groups in total. The molecule has 0 radical (unpaired) electrons. The molecule has 1 saturated heterocycles. The van der Waals surface area contributed by atoms with Gasteiger partial charge < -0.3 is 9.80 Å². The van der Waals surface area contributed by atoms with Crippen molar-refractivity contribution < 1.29 is 0 Å². The highest BCUT2D eigenvalue weighted by molar-refractivity contribution is 5.75. The predicted octanol–water partition coefficient (Wildman–Crippen LogP) is 4.48. The van der Waals surface area contributed by atoms with Crippen LogP contribution in [0.1, 0.15) is 5.56 Å². The van der Waals surface area contributed by atoms with Gasteiger partial charge in [-0.15, -0.1) is 0 Å². The van der Waals surface area contributed by atoms with Crippen molar-refractivity contribution in [3.05, 3.63) is 72.4 Å². The lowest BCUT2D eigenvalue weighted by molar-refractivity contribution is 0.313. The number of hydrogen-bond donors (Lipinski definition) is 0. The summed E-state index contributed by atoms with van der Waals surface area (Å²) in [6.07, 6.45) is 1.94. The van der Waals surface area contributed by atoms with Gasteiger partial charge in [0.05, 0.1) is 5.69 Å². The average molecular weight is 343 g/mol. The van der Waals surface area contributed by atoms with Crippen LogP contribution >= 0.6 is 0 Å². The van der Waals surface area contributed by atoms with E-state index < -0.39 is 0 Å². The quantitative estimate of drug-likeness (QED) is 0.699. The molecule has 1 aromatic heterocycles. The summed E-state index contributed by atoms with van der Waals surface area (Å²) < 4.78 is 0. The normalized spacial score (nSPS) is 15.2. The topological polar surface area (TPSA) is 19.4 Å². The lowest BCUT2D eigenvalue weighted by Crippen LogP contribution is -2.44. The summed E-state index contributed by atoms with van der Waals surface area (Å²) in [6.45, 7) is 6.53. The second kappa shape index (κ2) is 7.30. The fraction of sp³-hybridized carbons (Fsp3) is 0.261. The molecule has 3 aromatic rings. The van der Waals surface area contributed by atoms with E-state index in [1.165, 1.54) is 27.9 Å². The first-order valence-corrected chi connectivity index (χ1v) is 9.27. The molecule has 1 aliphatic rings. The van der Waals surface area contributed by atoms with Gasteiger partial charge in [-0.05, 0) is 48.9 Å². The smallest absolute Gasteiger partial charge is 0.0722 e. The summed E-state index contributed by atoms with van der Waals surface area (Å²) in [6, 6.07) is 21.6. The van der Waals surface area contributed by atoms with Crippen molar-refractivity contribution in [2.45, 2.75) is 6.92 Å². The third kappa shape index (κ3) is 3.49. The summed E-state index contributed by atoms with van der Waals surface area (Å²) in [7, 11) is 2.19. The van der Waals surface area contributed by atoms with Crippen LogP contribution in [0.3, 0.4) is 0 Å². The number of rotatable bonds is 3. The van der Waals surface area contributed by atoms with Gasteiger partial charge in [0.15, 0.2) is 0 Å². The summed E-state index contributed by atoms with van der Waals surface area (Å²) in [4.78, 5) is 9.48. The monoisotopic (exact) mass is 343 g/mol. The maximum Gasteiger partial charge on any atom is 0.0722 e. The molecule has 2 heterocycles. The van der Waals surface area contributed by atoms with E-state index in [1.54, 1.807) is 0 Å². The van der Waals surface area contributed by atoms with Gasteiger partial charge in [0.1, 0.15) is 0 Å². The maximum absolute atomic E-state index is 4.65. The van der Waals surface area contributed by atoms with Crippen molar-refractivity contribution in [1.29, 1.82) is 0 Å². The minimum Gasteiger partial charge on any atom is -0.369 e. The van der Waals surface area contributed by atoms with Gasteiger partial charge in [-0.1, -0.05) is 42.5 Å². The fourth-order valence-corrected chi connectivity index (χ4v) is 3.55. The second-order valence-electron chi connectivity index (χ2n) is 7.09. The van der Waals surface area contributed by atoms with Crippen molar-refractivity contribution in [2.24, 2.45) is 0 Å². The number of aromatic nitrogens is 1. The van der Waals surface area contributed by atoms with E-state index in [9.17, 15) is 0 Å². The molecule has 0 aliphatic carbocycles. The van der Waals surface area contributed by atoms with E-state index in [1.807, 2.05) is 6.20 Å². The van der Waals surface area contributed by atoms with Crippen LogP contribution in [-0.4, -0.2) is 43.1 Å². The first-order chi connectivity index (χ1) is 12.7. The Balaban J connectivity index is 1.67. The van der Waals surface area contributed by atoms with Crippen molar-refractivity contribution in [3.8, 4) is 22.4 Å². The molecule has 1 aliphatic heterocycles. The van der Waals surface area contributed by atoms with E-state index >= 15 is 0 Å². The Kier molecular flexibility index (Phi) is 4.72.